The van der Waals surface area contributed by atoms with Gasteiger partial charge in [0.25, 0.3) is 0 Å². The van der Waals surface area contributed by atoms with Gasteiger partial charge in [0.1, 0.15) is 0 Å². The standard InChI is InChI=1S/C29H20Br2S/c30-24-15-11-21(12-16-24)27-28(22-13-17-25(31)18-14-22)19-26(20-7-3-1-4-8-20)32-29(27,28)23-9-5-2-6-10-23/h1-19,27H. The van der Waals surface area contributed by atoms with Gasteiger partial charge in [0, 0.05) is 25.2 Å². The summed E-state index contributed by atoms with van der Waals surface area (Å²) in [5, 5.41) is 0. The monoisotopic (exact) mass is 558 g/mol. The zero-order chi connectivity index (χ0) is 21.8. The van der Waals surface area contributed by atoms with E-state index in [9.17, 15) is 0 Å². The first-order valence-corrected chi connectivity index (χ1v) is 13.1. The minimum Gasteiger partial charge on any atom is -0.112 e. The highest BCUT2D eigenvalue weighted by molar-refractivity contribution is 9.10. The maximum Gasteiger partial charge on any atom is 0.0674 e. The van der Waals surface area contributed by atoms with E-state index in [1.54, 1.807) is 0 Å². The van der Waals surface area contributed by atoms with Crippen LogP contribution < -0.4 is 0 Å². The lowest BCUT2D eigenvalue weighted by atomic mass is 9.87. The lowest BCUT2D eigenvalue weighted by molar-refractivity contribution is 0.808. The molecule has 1 aliphatic heterocycles. The van der Waals surface area contributed by atoms with E-state index < -0.39 is 0 Å². The van der Waals surface area contributed by atoms with Crippen LogP contribution in [0.5, 0.6) is 0 Å². The van der Waals surface area contributed by atoms with Crippen LogP contribution in [0.15, 0.2) is 124 Å². The molecule has 3 unspecified atom stereocenters. The zero-order valence-corrected chi connectivity index (χ0v) is 21.2. The normalized spacial score (nSPS) is 25.8. The minimum absolute atomic E-state index is 0.0684. The average Bonchev–Trinajstić information content (AvgIpc) is 3.25. The minimum atomic E-state index is -0.0985. The molecule has 32 heavy (non-hydrogen) atoms. The molecule has 1 aliphatic carbocycles. The number of halogens is 2. The summed E-state index contributed by atoms with van der Waals surface area (Å²) < 4.78 is 2.16. The summed E-state index contributed by atoms with van der Waals surface area (Å²) in [5.41, 5.74) is 5.35. The fraction of sp³-hybridized carbons (Fsp3) is 0.103. The summed E-state index contributed by atoms with van der Waals surface area (Å²) in [5.74, 6) is 0.365. The van der Waals surface area contributed by atoms with Crippen LogP contribution in [0.2, 0.25) is 0 Å². The van der Waals surface area contributed by atoms with Crippen molar-refractivity contribution in [2.45, 2.75) is 16.1 Å². The van der Waals surface area contributed by atoms with Crippen LogP contribution in [0.3, 0.4) is 0 Å². The van der Waals surface area contributed by atoms with Crippen LogP contribution in [0.1, 0.15) is 28.2 Å². The Kier molecular flexibility index (Phi) is 4.98. The molecule has 0 amide bonds. The molecule has 0 bridgehead atoms. The molecule has 0 radical (unpaired) electrons. The van der Waals surface area contributed by atoms with Gasteiger partial charge >= 0.3 is 0 Å². The molecule has 156 valence electrons. The topological polar surface area (TPSA) is 0 Å². The molecule has 4 aromatic rings. The van der Waals surface area contributed by atoms with Crippen molar-refractivity contribution in [1.82, 2.24) is 0 Å². The Balaban J connectivity index is 1.61. The smallest absolute Gasteiger partial charge is 0.0674 e. The first-order chi connectivity index (χ1) is 15.6. The van der Waals surface area contributed by atoms with E-state index in [2.05, 4.69) is 147 Å². The first kappa shape index (κ1) is 20.5. The largest absolute Gasteiger partial charge is 0.112 e. The predicted molar refractivity (Wildman–Crippen MR) is 143 cm³/mol. The highest BCUT2D eigenvalue weighted by atomic mass is 79.9. The Hall–Kier alpha value is -2.07. The van der Waals surface area contributed by atoms with Gasteiger partial charge in [-0.2, -0.15) is 0 Å². The molecular weight excluding hydrogens is 540 g/mol. The van der Waals surface area contributed by atoms with Gasteiger partial charge in [0.05, 0.1) is 4.75 Å². The molecule has 4 aromatic carbocycles. The predicted octanol–water partition coefficient (Wildman–Crippen LogP) is 8.93. The Morgan fingerprint density at radius 2 is 1.16 bits per heavy atom. The third-order valence-electron chi connectivity index (χ3n) is 6.81. The molecule has 3 heteroatoms. The quantitative estimate of drug-likeness (QED) is 0.240. The van der Waals surface area contributed by atoms with Gasteiger partial charge in [0.15, 0.2) is 0 Å². The summed E-state index contributed by atoms with van der Waals surface area (Å²) in [7, 11) is 0. The van der Waals surface area contributed by atoms with Crippen molar-refractivity contribution in [1.29, 1.82) is 0 Å². The summed E-state index contributed by atoms with van der Waals surface area (Å²) in [6, 6.07) is 39.8. The van der Waals surface area contributed by atoms with Gasteiger partial charge in [-0.05, 0) is 46.5 Å². The Bertz CT molecular complexity index is 1300. The van der Waals surface area contributed by atoms with Crippen molar-refractivity contribution in [3.05, 3.63) is 146 Å². The van der Waals surface area contributed by atoms with Crippen molar-refractivity contribution in [3.8, 4) is 0 Å². The lowest BCUT2D eigenvalue weighted by Crippen LogP contribution is -2.13. The van der Waals surface area contributed by atoms with Crippen molar-refractivity contribution in [2.75, 3.05) is 0 Å². The zero-order valence-electron chi connectivity index (χ0n) is 17.2. The Morgan fingerprint density at radius 3 is 1.78 bits per heavy atom. The lowest BCUT2D eigenvalue weighted by Gasteiger charge is -2.19. The summed E-state index contributed by atoms with van der Waals surface area (Å²) in [6.07, 6.45) is 2.55. The summed E-state index contributed by atoms with van der Waals surface area (Å²) >= 11 is 9.29. The molecule has 0 N–H and O–H groups in total. The van der Waals surface area contributed by atoms with E-state index in [0.717, 1.165) is 8.95 Å². The number of hydrogen-bond acceptors (Lipinski definition) is 1. The third-order valence-corrected chi connectivity index (χ3v) is 9.57. The molecule has 0 spiro atoms. The van der Waals surface area contributed by atoms with E-state index in [1.165, 1.54) is 27.2 Å². The number of thioether (sulfide) groups is 1. The van der Waals surface area contributed by atoms with E-state index in [0.29, 0.717) is 5.92 Å². The second-order valence-corrected chi connectivity index (χ2v) is 11.6. The van der Waals surface area contributed by atoms with Crippen molar-refractivity contribution in [3.63, 3.8) is 0 Å². The molecule has 1 saturated carbocycles. The molecule has 0 nitrogen and oxygen atoms in total. The van der Waals surface area contributed by atoms with Gasteiger partial charge in [-0.3, -0.25) is 0 Å². The fourth-order valence-electron chi connectivity index (χ4n) is 5.45. The highest BCUT2D eigenvalue weighted by Crippen LogP contribution is 2.85. The van der Waals surface area contributed by atoms with Gasteiger partial charge in [-0.1, -0.05) is 123 Å². The van der Waals surface area contributed by atoms with Gasteiger partial charge in [0.2, 0.25) is 0 Å². The fourth-order valence-corrected chi connectivity index (χ4v) is 7.92. The van der Waals surface area contributed by atoms with Crippen molar-refractivity contribution < 1.29 is 0 Å². The number of allylic oxidation sites excluding steroid dienone is 1. The second kappa shape index (κ2) is 7.76. The molecule has 1 fully saturated rings. The highest BCUT2D eigenvalue weighted by Gasteiger charge is 2.80. The van der Waals surface area contributed by atoms with E-state index in [1.807, 2.05) is 11.8 Å². The molecule has 3 atom stereocenters. The molecule has 6 rings (SSSR count). The van der Waals surface area contributed by atoms with E-state index in [-0.39, 0.29) is 10.2 Å². The molecule has 0 saturated heterocycles. The van der Waals surface area contributed by atoms with E-state index >= 15 is 0 Å². The van der Waals surface area contributed by atoms with Crippen LogP contribution in [0.25, 0.3) is 4.91 Å². The summed E-state index contributed by atoms with van der Waals surface area (Å²) in [4.78, 5) is 1.37. The SMILES string of the molecule is Brc1ccc(C2C3(c4ccc(Br)cc4)C=C(c4ccccc4)SC23c2ccccc2)cc1. The van der Waals surface area contributed by atoms with E-state index in [4.69, 9.17) is 0 Å². The number of hydrogen-bond donors (Lipinski definition) is 0. The van der Waals surface area contributed by atoms with Crippen LogP contribution in [0.4, 0.5) is 0 Å². The molecule has 1 heterocycles. The average molecular weight is 560 g/mol. The van der Waals surface area contributed by atoms with Gasteiger partial charge in [-0.25, -0.2) is 0 Å². The van der Waals surface area contributed by atoms with Gasteiger partial charge < -0.3 is 0 Å². The van der Waals surface area contributed by atoms with Gasteiger partial charge in [-0.15, -0.1) is 11.8 Å². The maximum absolute atomic E-state index is 3.63. The maximum atomic E-state index is 3.63. The van der Waals surface area contributed by atoms with Crippen molar-refractivity contribution >= 4 is 48.5 Å². The Labute approximate surface area is 210 Å². The molecular formula is C29H20Br2S. The third kappa shape index (κ3) is 2.95. The summed E-state index contributed by atoms with van der Waals surface area (Å²) in [6.45, 7) is 0. The number of rotatable bonds is 4. The first-order valence-electron chi connectivity index (χ1n) is 10.7. The van der Waals surface area contributed by atoms with Crippen LogP contribution in [-0.4, -0.2) is 0 Å². The second-order valence-electron chi connectivity index (χ2n) is 8.44. The Morgan fingerprint density at radius 1 is 0.594 bits per heavy atom. The molecule has 0 aromatic heterocycles. The van der Waals surface area contributed by atoms with Crippen LogP contribution >= 0.6 is 43.6 Å². The number of benzene rings is 4. The number of fused-ring (bicyclic) bond motifs is 1. The van der Waals surface area contributed by atoms with Crippen molar-refractivity contribution in [2.24, 2.45) is 0 Å². The van der Waals surface area contributed by atoms with Crippen LogP contribution in [-0.2, 0) is 10.2 Å². The van der Waals surface area contributed by atoms with Crippen LogP contribution in [0, 0.1) is 0 Å². The molecule has 2 aliphatic rings.